The summed E-state index contributed by atoms with van der Waals surface area (Å²) in [4.78, 5) is 25.9. The van der Waals surface area contributed by atoms with Gasteiger partial charge in [0, 0.05) is 25.8 Å². The maximum absolute atomic E-state index is 15.3. The summed E-state index contributed by atoms with van der Waals surface area (Å²) in [6, 6.07) is 0.820. The number of carboxylic acids is 1. The van der Waals surface area contributed by atoms with Crippen LogP contribution < -0.4 is 20.8 Å². The fourth-order valence-corrected chi connectivity index (χ4v) is 4.24. The summed E-state index contributed by atoms with van der Waals surface area (Å²) < 4.78 is 37.1. The van der Waals surface area contributed by atoms with Crippen molar-refractivity contribution in [2.24, 2.45) is 5.73 Å². The summed E-state index contributed by atoms with van der Waals surface area (Å²) in [5, 5.41) is 9.34. The first-order chi connectivity index (χ1) is 14.3. The second-order valence-electron chi connectivity index (χ2n) is 7.77. The normalized spacial score (nSPS) is 20.7. The van der Waals surface area contributed by atoms with E-state index >= 15 is 4.39 Å². The number of nitrogens with two attached hydrogens (primary N) is 1. The average molecular weight is 419 g/mol. The molecule has 0 bridgehead atoms. The SMILES string of the molecule is C[C@H]1COc2c(N3CCCC/C(=C(\F)CN)C3)c(F)cc3c(=O)c(C(=O)O)cn1c23. The second-order valence-corrected chi connectivity index (χ2v) is 7.77. The van der Waals surface area contributed by atoms with Gasteiger partial charge in [-0.05, 0) is 37.8 Å². The van der Waals surface area contributed by atoms with Crippen LogP contribution in [0.1, 0.15) is 42.6 Å². The maximum atomic E-state index is 15.3. The smallest absolute Gasteiger partial charge is 0.341 e. The van der Waals surface area contributed by atoms with Crippen LogP contribution in [0.15, 0.2) is 28.5 Å². The first-order valence-corrected chi connectivity index (χ1v) is 9.92. The van der Waals surface area contributed by atoms with E-state index in [1.54, 1.807) is 9.47 Å². The van der Waals surface area contributed by atoms with Crippen LogP contribution >= 0.6 is 0 Å². The van der Waals surface area contributed by atoms with E-state index in [2.05, 4.69) is 0 Å². The molecule has 1 atom stereocenters. The van der Waals surface area contributed by atoms with Crippen LogP contribution in [0.2, 0.25) is 0 Å². The molecule has 2 aliphatic heterocycles. The monoisotopic (exact) mass is 419 g/mol. The minimum Gasteiger partial charge on any atom is -0.487 e. The van der Waals surface area contributed by atoms with Gasteiger partial charge in [-0.2, -0.15) is 0 Å². The lowest BCUT2D eigenvalue weighted by Gasteiger charge is -2.32. The predicted molar refractivity (Wildman–Crippen MR) is 109 cm³/mol. The van der Waals surface area contributed by atoms with Gasteiger partial charge in [0.2, 0.25) is 5.43 Å². The molecule has 1 aromatic heterocycles. The number of halogens is 2. The number of carbonyl (C=O) groups is 1. The van der Waals surface area contributed by atoms with Crippen molar-refractivity contribution in [3.8, 4) is 5.75 Å². The standard InChI is InChI=1S/C21H23F2N3O4/c1-11-10-30-20-17-13(19(27)14(21(28)29)9-26(11)17)6-15(22)18(20)25-5-3-2-4-12(8-25)16(23)7-24/h6,9,11H,2-5,7-8,10,24H2,1H3,(H,28,29)/b16-12+/t11-/m0/s1. The lowest BCUT2D eigenvalue weighted by Crippen LogP contribution is -2.31. The third kappa shape index (κ3) is 3.23. The molecule has 4 rings (SSSR count). The summed E-state index contributed by atoms with van der Waals surface area (Å²) in [6.07, 6.45) is 3.33. The van der Waals surface area contributed by atoms with E-state index in [-0.39, 0.29) is 42.6 Å². The summed E-state index contributed by atoms with van der Waals surface area (Å²) in [6.45, 7) is 2.48. The minimum atomic E-state index is -1.37. The van der Waals surface area contributed by atoms with Crippen molar-refractivity contribution < 1.29 is 23.4 Å². The Kier molecular flexibility index (Phi) is 5.23. The fraction of sp³-hybridized carbons (Fsp3) is 0.429. The van der Waals surface area contributed by atoms with Crippen molar-refractivity contribution in [3.05, 3.63) is 45.3 Å². The Balaban J connectivity index is 1.97. The Hall–Kier alpha value is -2.94. The number of carboxylic acid groups (broad SMARTS) is 1. The molecule has 3 N–H and O–H groups in total. The number of anilines is 1. The van der Waals surface area contributed by atoms with Crippen LogP contribution in [-0.2, 0) is 0 Å². The van der Waals surface area contributed by atoms with Gasteiger partial charge in [0.05, 0.1) is 16.9 Å². The van der Waals surface area contributed by atoms with Gasteiger partial charge in [-0.1, -0.05) is 0 Å². The van der Waals surface area contributed by atoms with Gasteiger partial charge in [-0.25, -0.2) is 13.6 Å². The highest BCUT2D eigenvalue weighted by molar-refractivity contribution is 5.97. The van der Waals surface area contributed by atoms with Crippen molar-refractivity contribution >= 4 is 22.6 Å². The van der Waals surface area contributed by atoms with Crippen LogP contribution in [0.5, 0.6) is 5.75 Å². The van der Waals surface area contributed by atoms with Crippen LogP contribution in [0.4, 0.5) is 14.5 Å². The van der Waals surface area contributed by atoms with Gasteiger partial charge in [-0.3, -0.25) is 4.79 Å². The summed E-state index contributed by atoms with van der Waals surface area (Å²) in [5.41, 5.74) is 5.33. The molecule has 0 amide bonds. The summed E-state index contributed by atoms with van der Waals surface area (Å²) in [7, 11) is 0. The van der Waals surface area contributed by atoms with E-state index in [0.717, 1.165) is 18.9 Å². The fourth-order valence-electron chi connectivity index (χ4n) is 4.24. The third-order valence-electron chi connectivity index (χ3n) is 5.79. The molecule has 3 heterocycles. The van der Waals surface area contributed by atoms with E-state index in [1.807, 2.05) is 6.92 Å². The van der Waals surface area contributed by atoms with Gasteiger partial charge in [0.15, 0.2) is 11.6 Å². The Bertz CT molecular complexity index is 1130. The Morgan fingerprint density at radius 3 is 2.87 bits per heavy atom. The van der Waals surface area contributed by atoms with E-state index in [1.165, 1.54) is 6.20 Å². The molecule has 30 heavy (non-hydrogen) atoms. The Morgan fingerprint density at radius 1 is 1.40 bits per heavy atom. The van der Waals surface area contributed by atoms with Crippen LogP contribution in [-0.4, -0.2) is 41.9 Å². The highest BCUT2D eigenvalue weighted by Crippen LogP contribution is 2.42. The van der Waals surface area contributed by atoms with Crippen molar-refractivity contribution in [1.29, 1.82) is 0 Å². The van der Waals surface area contributed by atoms with Crippen LogP contribution in [0.25, 0.3) is 10.9 Å². The van der Waals surface area contributed by atoms with E-state index in [4.69, 9.17) is 10.5 Å². The molecule has 2 aliphatic rings. The highest BCUT2D eigenvalue weighted by atomic mass is 19.1. The number of hydrogen-bond acceptors (Lipinski definition) is 5. The number of benzene rings is 1. The zero-order valence-corrected chi connectivity index (χ0v) is 16.6. The number of aromatic nitrogens is 1. The number of rotatable bonds is 3. The van der Waals surface area contributed by atoms with Crippen molar-refractivity contribution in [3.63, 3.8) is 0 Å². The molecule has 1 saturated heterocycles. The molecule has 0 radical (unpaired) electrons. The second kappa shape index (κ2) is 7.71. The van der Waals surface area contributed by atoms with Crippen LogP contribution in [0.3, 0.4) is 0 Å². The number of pyridine rings is 1. The maximum Gasteiger partial charge on any atom is 0.341 e. The first kappa shape index (κ1) is 20.3. The van der Waals surface area contributed by atoms with Gasteiger partial charge in [0.1, 0.15) is 23.7 Å². The van der Waals surface area contributed by atoms with Gasteiger partial charge >= 0.3 is 5.97 Å². The molecule has 0 saturated carbocycles. The zero-order chi connectivity index (χ0) is 21.6. The van der Waals surface area contributed by atoms with Crippen molar-refractivity contribution in [2.45, 2.75) is 32.2 Å². The van der Waals surface area contributed by atoms with E-state index < -0.39 is 28.6 Å². The van der Waals surface area contributed by atoms with E-state index in [0.29, 0.717) is 24.1 Å². The van der Waals surface area contributed by atoms with Gasteiger partial charge < -0.3 is 25.0 Å². The molecule has 0 aliphatic carbocycles. The number of ether oxygens (including phenoxy) is 1. The molecular weight excluding hydrogens is 396 g/mol. The quantitative estimate of drug-likeness (QED) is 0.794. The van der Waals surface area contributed by atoms with Crippen molar-refractivity contribution in [1.82, 2.24) is 4.57 Å². The summed E-state index contributed by atoms with van der Waals surface area (Å²) in [5.74, 6) is -2.27. The van der Waals surface area contributed by atoms with Crippen LogP contribution in [0, 0.1) is 5.82 Å². The molecular formula is C21H23F2N3O4. The lowest BCUT2D eigenvalue weighted by atomic mass is 10.1. The molecule has 1 aromatic carbocycles. The molecule has 7 nitrogen and oxygen atoms in total. The predicted octanol–water partition coefficient (Wildman–Crippen LogP) is 2.96. The molecule has 160 valence electrons. The lowest BCUT2D eigenvalue weighted by molar-refractivity contribution is 0.0694. The molecule has 0 unspecified atom stereocenters. The summed E-state index contributed by atoms with van der Waals surface area (Å²) >= 11 is 0. The minimum absolute atomic E-state index is 0.0450. The zero-order valence-electron chi connectivity index (χ0n) is 16.6. The molecule has 2 aromatic rings. The van der Waals surface area contributed by atoms with Crippen molar-refractivity contribution in [2.75, 3.05) is 31.1 Å². The molecule has 1 fully saturated rings. The number of nitrogens with zero attached hydrogens (tertiary/aromatic N) is 2. The Morgan fingerprint density at radius 2 is 2.17 bits per heavy atom. The highest BCUT2D eigenvalue weighted by Gasteiger charge is 2.31. The average Bonchev–Trinajstić information content (AvgIpc) is 2.97. The third-order valence-corrected chi connectivity index (χ3v) is 5.79. The molecule has 0 spiro atoms. The first-order valence-electron chi connectivity index (χ1n) is 9.92. The number of aromatic carboxylic acids is 1. The van der Waals surface area contributed by atoms with Gasteiger partial charge in [0.25, 0.3) is 0 Å². The molecule has 9 heteroatoms. The number of hydrogen-bond donors (Lipinski definition) is 2. The van der Waals surface area contributed by atoms with E-state index in [9.17, 15) is 19.1 Å². The Labute approximate surface area is 171 Å². The largest absolute Gasteiger partial charge is 0.487 e. The van der Waals surface area contributed by atoms with Gasteiger partial charge in [-0.15, -0.1) is 0 Å². The topological polar surface area (TPSA) is 97.8 Å².